The van der Waals surface area contributed by atoms with Crippen LogP contribution in [-0.4, -0.2) is 51.9 Å². The van der Waals surface area contributed by atoms with Gasteiger partial charge in [-0.2, -0.15) is 0 Å². The van der Waals surface area contributed by atoms with Gasteiger partial charge >= 0.3 is 0 Å². The van der Waals surface area contributed by atoms with Crippen LogP contribution < -0.4 is 4.90 Å². The molecule has 1 saturated heterocycles. The highest BCUT2D eigenvalue weighted by atomic mass is 16.2. The summed E-state index contributed by atoms with van der Waals surface area (Å²) in [4.78, 5) is 29.9. The van der Waals surface area contributed by atoms with Gasteiger partial charge in [-0.25, -0.2) is 15.0 Å². The van der Waals surface area contributed by atoms with Crippen molar-refractivity contribution in [2.75, 3.05) is 31.1 Å². The zero-order chi connectivity index (χ0) is 17.8. The van der Waals surface area contributed by atoms with Gasteiger partial charge in [0.1, 0.15) is 12.1 Å². The van der Waals surface area contributed by atoms with Crippen LogP contribution in [0.15, 0.2) is 67.3 Å². The number of hydrogen-bond acceptors (Lipinski definition) is 5. The van der Waals surface area contributed by atoms with E-state index in [0.29, 0.717) is 24.3 Å². The summed E-state index contributed by atoms with van der Waals surface area (Å²) in [5.41, 5.74) is 2.15. The fourth-order valence-corrected chi connectivity index (χ4v) is 3.16. The maximum atomic E-state index is 13.0. The van der Waals surface area contributed by atoms with Crippen molar-refractivity contribution in [2.24, 2.45) is 0 Å². The lowest BCUT2D eigenvalue weighted by Gasteiger charge is -2.35. The fourth-order valence-electron chi connectivity index (χ4n) is 3.16. The minimum Gasteiger partial charge on any atom is -0.353 e. The molecule has 0 aliphatic carbocycles. The molecule has 0 radical (unpaired) electrons. The van der Waals surface area contributed by atoms with Crippen molar-refractivity contribution in [1.29, 1.82) is 0 Å². The van der Waals surface area contributed by atoms with Crippen molar-refractivity contribution in [1.82, 2.24) is 19.9 Å². The van der Waals surface area contributed by atoms with Crippen molar-refractivity contribution in [3.63, 3.8) is 0 Å². The second-order valence-electron chi connectivity index (χ2n) is 6.12. The van der Waals surface area contributed by atoms with E-state index in [1.807, 2.05) is 53.4 Å². The zero-order valence-electron chi connectivity index (χ0n) is 14.3. The minimum atomic E-state index is -0.0230. The van der Waals surface area contributed by atoms with Gasteiger partial charge in [0.15, 0.2) is 0 Å². The normalized spacial score (nSPS) is 14.3. The molecule has 1 aliphatic heterocycles. The van der Waals surface area contributed by atoms with Gasteiger partial charge in [0.25, 0.3) is 5.91 Å². The summed E-state index contributed by atoms with van der Waals surface area (Å²) >= 11 is 0. The number of carbonyl (C=O) groups excluding carboxylic acids is 1. The Hall–Kier alpha value is -3.28. The van der Waals surface area contributed by atoms with Gasteiger partial charge in [0, 0.05) is 44.1 Å². The molecule has 1 amide bonds. The van der Waals surface area contributed by atoms with Crippen LogP contribution >= 0.6 is 0 Å². The lowest BCUT2D eigenvalue weighted by atomic mass is 10.1. The van der Waals surface area contributed by atoms with Crippen LogP contribution in [0.25, 0.3) is 11.3 Å². The highest BCUT2D eigenvalue weighted by molar-refractivity contribution is 5.99. The van der Waals surface area contributed by atoms with E-state index in [9.17, 15) is 4.79 Å². The molecule has 0 atom stereocenters. The Kier molecular flexibility index (Phi) is 4.55. The fraction of sp³-hybridized carbons (Fsp3) is 0.200. The molecule has 26 heavy (non-hydrogen) atoms. The van der Waals surface area contributed by atoms with E-state index in [2.05, 4.69) is 19.9 Å². The van der Waals surface area contributed by atoms with Gasteiger partial charge in [-0.3, -0.25) is 4.79 Å². The molecule has 0 N–H and O–H groups in total. The number of carbonyl (C=O) groups is 1. The Balaban J connectivity index is 1.51. The second kappa shape index (κ2) is 7.31. The quantitative estimate of drug-likeness (QED) is 0.730. The van der Waals surface area contributed by atoms with Crippen LogP contribution in [0.1, 0.15) is 10.4 Å². The third-order valence-corrected chi connectivity index (χ3v) is 4.53. The highest BCUT2D eigenvalue weighted by Crippen LogP contribution is 2.22. The van der Waals surface area contributed by atoms with Crippen molar-refractivity contribution in [3.8, 4) is 11.3 Å². The van der Waals surface area contributed by atoms with E-state index in [0.717, 1.165) is 24.5 Å². The summed E-state index contributed by atoms with van der Waals surface area (Å²) in [6, 6.07) is 15.6. The Morgan fingerprint density at radius 3 is 2.38 bits per heavy atom. The number of anilines is 1. The third-order valence-electron chi connectivity index (χ3n) is 4.53. The standard InChI is InChI=1S/C20H19N5O/c26-20(17-14-21-15-23-19(17)16-6-2-1-3-7-16)25-12-10-24(11-13-25)18-8-4-5-9-22-18/h1-9,14-15H,10-13H2. The van der Waals surface area contributed by atoms with Crippen LogP contribution in [0, 0.1) is 0 Å². The van der Waals surface area contributed by atoms with Crippen LogP contribution in [0.2, 0.25) is 0 Å². The molecule has 4 rings (SSSR count). The van der Waals surface area contributed by atoms with Crippen LogP contribution in [-0.2, 0) is 0 Å². The monoisotopic (exact) mass is 345 g/mol. The summed E-state index contributed by atoms with van der Waals surface area (Å²) in [7, 11) is 0. The molecular weight excluding hydrogens is 326 g/mol. The average Bonchev–Trinajstić information content (AvgIpc) is 2.75. The molecule has 2 aromatic heterocycles. The van der Waals surface area contributed by atoms with E-state index in [4.69, 9.17) is 0 Å². The van der Waals surface area contributed by atoms with Gasteiger partial charge in [-0.15, -0.1) is 0 Å². The van der Waals surface area contributed by atoms with Gasteiger partial charge in [-0.05, 0) is 12.1 Å². The van der Waals surface area contributed by atoms with Crippen LogP contribution in [0.5, 0.6) is 0 Å². The molecule has 130 valence electrons. The second-order valence-corrected chi connectivity index (χ2v) is 6.12. The average molecular weight is 345 g/mol. The first-order valence-corrected chi connectivity index (χ1v) is 8.63. The maximum absolute atomic E-state index is 13.0. The van der Waals surface area contributed by atoms with Crippen LogP contribution in [0.4, 0.5) is 5.82 Å². The number of rotatable bonds is 3. The largest absolute Gasteiger partial charge is 0.353 e. The van der Waals surface area contributed by atoms with E-state index in [1.54, 1.807) is 12.4 Å². The molecule has 0 saturated carbocycles. The van der Waals surface area contributed by atoms with Crippen molar-refractivity contribution < 1.29 is 4.79 Å². The number of amides is 1. The lowest BCUT2D eigenvalue weighted by molar-refractivity contribution is 0.0746. The Morgan fingerprint density at radius 1 is 0.885 bits per heavy atom. The Bertz CT molecular complexity index is 877. The molecule has 1 aromatic carbocycles. The summed E-state index contributed by atoms with van der Waals surface area (Å²) in [5, 5.41) is 0. The molecule has 1 fully saturated rings. The molecular formula is C20H19N5O. The van der Waals surface area contributed by atoms with E-state index < -0.39 is 0 Å². The molecule has 0 spiro atoms. The lowest BCUT2D eigenvalue weighted by Crippen LogP contribution is -2.49. The smallest absolute Gasteiger partial charge is 0.257 e. The van der Waals surface area contributed by atoms with E-state index in [1.165, 1.54) is 6.33 Å². The molecule has 0 unspecified atom stereocenters. The number of benzene rings is 1. The molecule has 6 heteroatoms. The number of aromatic nitrogens is 3. The highest BCUT2D eigenvalue weighted by Gasteiger charge is 2.25. The van der Waals surface area contributed by atoms with E-state index in [-0.39, 0.29) is 5.91 Å². The molecule has 6 nitrogen and oxygen atoms in total. The first kappa shape index (κ1) is 16.2. The number of hydrogen-bond donors (Lipinski definition) is 0. The van der Waals surface area contributed by atoms with Crippen molar-refractivity contribution in [2.45, 2.75) is 0 Å². The van der Waals surface area contributed by atoms with Crippen molar-refractivity contribution in [3.05, 3.63) is 72.8 Å². The number of piperazine rings is 1. The Morgan fingerprint density at radius 2 is 1.65 bits per heavy atom. The van der Waals surface area contributed by atoms with Gasteiger partial charge in [-0.1, -0.05) is 36.4 Å². The SMILES string of the molecule is O=C(c1cncnc1-c1ccccc1)N1CCN(c2ccccn2)CC1. The van der Waals surface area contributed by atoms with E-state index >= 15 is 0 Å². The van der Waals surface area contributed by atoms with Crippen molar-refractivity contribution >= 4 is 11.7 Å². The minimum absolute atomic E-state index is 0.0230. The first-order chi connectivity index (χ1) is 12.8. The summed E-state index contributed by atoms with van der Waals surface area (Å²) in [6.07, 6.45) is 4.89. The molecule has 3 heterocycles. The summed E-state index contributed by atoms with van der Waals surface area (Å²) in [6.45, 7) is 2.82. The summed E-state index contributed by atoms with van der Waals surface area (Å²) < 4.78 is 0. The van der Waals surface area contributed by atoms with Crippen LogP contribution in [0.3, 0.4) is 0 Å². The van der Waals surface area contributed by atoms with Gasteiger partial charge in [0.05, 0.1) is 11.3 Å². The third kappa shape index (κ3) is 3.26. The predicted octanol–water partition coefficient (Wildman–Crippen LogP) is 2.50. The summed E-state index contributed by atoms with van der Waals surface area (Å²) in [5.74, 6) is 0.928. The van der Waals surface area contributed by atoms with Gasteiger partial charge < -0.3 is 9.80 Å². The molecule has 1 aliphatic rings. The number of pyridine rings is 1. The zero-order valence-corrected chi connectivity index (χ0v) is 14.3. The topological polar surface area (TPSA) is 62.2 Å². The molecule has 0 bridgehead atoms. The number of nitrogens with zero attached hydrogens (tertiary/aromatic N) is 5. The molecule has 3 aromatic rings. The first-order valence-electron chi connectivity index (χ1n) is 8.63. The maximum Gasteiger partial charge on any atom is 0.257 e. The predicted molar refractivity (Wildman–Crippen MR) is 99.8 cm³/mol. The van der Waals surface area contributed by atoms with Gasteiger partial charge in [0.2, 0.25) is 0 Å². The Labute approximate surface area is 152 Å².